The van der Waals surface area contributed by atoms with Crippen molar-refractivity contribution in [1.29, 1.82) is 0 Å². The van der Waals surface area contributed by atoms with Gasteiger partial charge in [-0.1, -0.05) is 20.3 Å². The largest absolute Gasteiger partial charge is 0.507 e. The maximum Gasteiger partial charge on any atom is 0.321 e. The molecule has 0 saturated heterocycles. The number of phenols is 3. The van der Waals surface area contributed by atoms with Gasteiger partial charge in [0.05, 0.1) is 17.6 Å². The minimum atomic E-state index is -0.991. The second-order valence-electron chi connectivity index (χ2n) is 8.85. The summed E-state index contributed by atoms with van der Waals surface area (Å²) in [6.07, 6.45) is 1.66. The van der Waals surface area contributed by atoms with Crippen LogP contribution in [0, 0.1) is 5.41 Å². The van der Waals surface area contributed by atoms with Crippen molar-refractivity contribution in [3.63, 3.8) is 0 Å². The molecule has 30 heavy (non-hydrogen) atoms. The zero-order chi connectivity index (χ0) is 22.2. The molecule has 0 unspecified atom stereocenters. The Hall–Kier alpha value is -3.03. The van der Waals surface area contributed by atoms with E-state index in [9.17, 15) is 29.7 Å². The van der Waals surface area contributed by atoms with Crippen molar-refractivity contribution in [2.75, 3.05) is 6.61 Å². The van der Waals surface area contributed by atoms with Crippen LogP contribution in [-0.2, 0) is 24.5 Å². The van der Waals surface area contributed by atoms with E-state index in [1.54, 1.807) is 20.8 Å². The molecule has 8 nitrogen and oxygen atoms in total. The number of hydrogen-bond acceptors (Lipinski definition) is 8. The Morgan fingerprint density at radius 2 is 1.73 bits per heavy atom. The van der Waals surface area contributed by atoms with Gasteiger partial charge in [0.15, 0.2) is 17.3 Å². The summed E-state index contributed by atoms with van der Waals surface area (Å²) in [6, 6.07) is 0. The first-order valence-electron chi connectivity index (χ1n) is 9.92. The van der Waals surface area contributed by atoms with Gasteiger partial charge in [0.25, 0.3) is 0 Å². The number of allylic oxidation sites excluding steroid dienone is 1. The molecule has 0 aromatic heterocycles. The topological polar surface area (TPSA) is 130 Å². The third kappa shape index (κ3) is 2.36. The number of carbonyl (C=O) groups is 3. The summed E-state index contributed by atoms with van der Waals surface area (Å²) in [5.41, 5.74) is -1.64. The summed E-state index contributed by atoms with van der Waals surface area (Å²) in [4.78, 5) is 37.1. The Balaban J connectivity index is 1.97. The molecular formula is C22H24O8. The molecule has 160 valence electrons. The Labute approximate surface area is 173 Å². The van der Waals surface area contributed by atoms with Gasteiger partial charge in [0, 0.05) is 35.0 Å². The van der Waals surface area contributed by atoms with E-state index >= 15 is 0 Å². The summed E-state index contributed by atoms with van der Waals surface area (Å²) in [7, 11) is 0. The molecule has 0 radical (unpaired) electrons. The maximum atomic E-state index is 13.3. The number of rotatable bonds is 3. The molecular weight excluding hydrogens is 392 g/mol. The fourth-order valence-electron chi connectivity index (χ4n) is 5.42. The summed E-state index contributed by atoms with van der Waals surface area (Å²) in [6.45, 7) is 6.15. The summed E-state index contributed by atoms with van der Waals surface area (Å²) in [5.74, 6) is -4.16. The molecule has 4 rings (SSSR count). The molecule has 8 heteroatoms. The van der Waals surface area contributed by atoms with Crippen LogP contribution in [0.25, 0.3) is 0 Å². The van der Waals surface area contributed by atoms with E-state index in [0.29, 0.717) is 24.8 Å². The molecule has 2 aliphatic carbocycles. The van der Waals surface area contributed by atoms with Crippen LogP contribution in [0.2, 0.25) is 0 Å². The number of esters is 2. The van der Waals surface area contributed by atoms with Gasteiger partial charge in [-0.2, -0.15) is 0 Å². The lowest BCUT2D eigenvalue weighted by Gasteiger charge is -2.45. The molecule has 0 amide bonds. The number of ether oxygens (including phenoxy) is 2. The van der Waals surface area contributed by atoms with Crippen LogP contribution in [0.15, 0.2) is 11.3 Å². The normalized spacial score (nSPS) is 28.0. The first kappa shape index (κ1) is 20.3. The molecule has 0 spiro atoms. The van der Waals surface area contributed by atoms with E-state index in [0.717, 1.165) is 0 Å². The molecule has 1 saturated carbocycles. The van der Waals surface area contributed by atoms with Gasteiger partial charge in [0.1, 0.15) is 5.75 Å². The minimum Gasteiger partial charge on any atom is -0.507 e. The van der Waals surface area contributed by atoms with E-state index in [1.165, 1.54) is 6.92 Å². The van der Waals surface area contributed by atoms with Crippen molar-refractivity contribution >= 4 is 17.7 Å². The zero-order valence-electron chi connectivity index (χ0n) is 17.3. The van der Waals surface area contributed by atoms with Gasteiger partial charge < -0.3 is 24.8 Å². The number of Topliss-reactive ketones (excluding diaryl/α,β-unsaturated/α-hetero) is 1. The SMILES string of the molecule is CC(=O)OC[C@@H](C)c1c(O)c(O)c2c(c1O)C(=O)C1=C3[C@@](C)(CCC[C@@]32C)C(=O)O1. The van der Waals surface area contributed by atoms with Crippen LogP contribution in [0.1, 0.15) is 74.4 Å². The Kier molecular flexibility index (Phi) is 4.21. The number of ketones is 1. The van der Waals surface area contributed by atoms with E-state index in [4.69, 9.17) is 9.47 Å². The van der Waals surface area contributed by atoms with Crippen LogP contribution >= 0.6 is 0 Å². The molecule has 1 fully saturated rings. The Morgan fingerprint density at radius 1 is 1.10 bits per heavy atom. The number of aromatic hydroxyl groups is 3. The number of fused-ring (bicyclic) bond motifs is 2. The highest BCUT2D eigenvalue weighted by molar-refractivity contribution is 6.17. The van der Waals surface area contributed by atoms with Crippen molar-refractivity contribution in [1.82, 2.24) is 0 Å². The van der Waals surface area contributed by atoms with Crippen molar-refractivity contribution in [3.05, 3.63) is 28.0 Å². The summed E-state index contributed by atoms with van der Waals surface area (Å²) < 4.78 is 10.3. The molecule has 1 aromatic rings. The average molecular weight is 416 g/mol. The summed E-state index contributed by atoms with van der Waals surface area (Å²) in [5, 5.41) is 32.7. The van der Waals surface area contributed by atoms with Crippen LogP contribution in [0.3, 0.4) is 0 Å². The highest BCUT2D eigenvalue weighted by Gasteiger charge is 2.62. The molecule has 1 aliphatic heterocycles. The van der Waals surface area contributed by atoms with Crippen LogP contribution in [0.4, 0.5) is 0 Å². The quantitative estimate of drug-likeness (QED) is 0.389. The monoisotopic (exact) mass is 416 g/mol. The number of phenolic OH excluding ortho intramolecular Hbond substituents is 3. The fourth-order valence-corrected chi connectivity index (χ4v) is 5.42. The third-order valence-corrected chi connectivity index (χ3v) is 6.80. The van der Waals surface area contributed by atoms with Gasteiger partial charge in [-0.25, -0.2) is 0 Å². The Morgan fingerprint density at radius 3 is 2.37 bits per heavy atom. The van der Waals surface area contributed by atoms with Crippen LogP contribution in [-0.4, -0.2) is 39.6 Å². The van der Waals surface area contributed by atoms with Crippen LogP contribution < -0.4 is 0 Å². The van der Waals surface area contributed by atoms with Gasteiger partial charge in [-0.05, 0) is 19.8 Å². The maximum absolute atomic E-state index is 13.3. The summed E-state index contributed by atoms with van der Waals surface area (Å²) >= 11 is 0. The number of benzene rings is 1. The first-order chi connectivity index (χ1) is 13.9. The molecule has 3 atom stereocenters. The van der Waals surface area contributed by atoms with E-state index in [2.05, 4.69) is 0 Å². The lowest BCUT2D eigenvalue weighted by atomic mass is 9.54. The third-order valence-electron chi connectivity index (χ3n) is 6.80. The fraction of sp³-hybridized carbons (Fsp3) is 0.500. The molecule has 3 aliphatic rings. The molecule has 3 N–H and O–H groups in total. The van der Waals surface area contributed by atoms with Crippen molar-refractivity contribution < 1.29 is 39.2 Å². The van der Waals surface area contributed by atoms with Crippen molar-refractivity contribution in [2.45, 2.75) is 58.3 Å². The van der Waals surface area contributed by atoms with Gasteiger partial charge >= 0.3 is 11.9 Å². The highest BCUT2D eigenvalue weighted by Crippen LogP contribution is 2.64. The lowest BCUT2D eigenvalue weighted by molar-refractivity contribution is -0.145. The molecule has 1 aromatic carbocycles. The predicted molar refractivity (Wildman–Crippen MR) is 103 cm³/mol. The van der Waals surface area contributed by atoms with Gasteiger partial charge in [-0.3, -0.25) is 14.4 Å². The van der Waals surface area contributed by atoms with E-state index in [1.807, 2.05) is 0 Å². The predicted octanol–water partition coefficient (Wildman–Crippen LogP) is 2.93. The van der Waals surface area contributed by atoms with Gasteiger partial charge in [-0.15, -0.1) is 0 Å². The second-order valence-corrected chi connectivity index (χ2v) is 8.85. The highest BCUT2D eigenvalue weighted by atomic mass is 16.5. The molecule has 1 heterocycles. The lowest BCUT2D eigenvalue weighted by Crippen LogP contribution is -2.43. The number of carbonyl (C=O) groups excluding carboxylic acids is 3. The number of hydrogen-bond donors (Lipinski definition) is 3. The standard InChI is InChI=1S/C22H24O8/c1-9(8-29-10(2)23)11-14(24)12-13(17(27)15(11)25)21(3)6-5-7-22(4)19(21)18(16(12)26)30-20(22)28/h9,24-25,27H,5-8H2,1-4H3/t9-,21-,22-/m1/s1. The van der Waals surface area contributed by atoms with E-state index in [-0.39, 0.29) is 29.1 Å². The van der Waals surface area contributed by atoms with Gasteiger partial charge in [0.2, 0.25) is 5.78 Å². The van der Waals surface area contributed by atoms with E-state index < -0.39 is 51.7 Å². The zero-order valence-corrected chi connectivity index (χ0v) is 17.3. The van der Waals surface area contributed by atoms with Crippen LogP contribution in [0.5, 0.6) is 17.2 Å². The minimum absolute atomic E-state index is 0.101. The van der Waals surface area contributed by atoms with Crippen molar-refractivity contribution in [3.8, 4) is 17.2 Å². The first-order valence-corrected chi connectivity index (χ1v) is 9.92. The Bertz CT molecular complexity index is 1050. The second kappa shape index (κ2) is 6.23. The average Bonchev–Trinajstić information content (AvgIpc) is 2.94. The smallest absolute Gasteiger partial charge is 0.321 e. The molecule has 0 bridgehead atoms. The van der Waals surface area contributed by atoms with Crippen molar-refractivity contribution in [2.24, 2.45) is 5.41 Å².